The number of benzene rings is 1. The van der Waals surface area contributed by atoms with E-state index in [0.29, 0.717) is 5.82 Å². The number of nitrogens with zero attached hydrogens (tertiary/aromatic N) is 1. The van der Waals surface area contributed by atoms with E-state index in [1.165, 1.54) is 0 Å². The van der Waals surface area contributed by atoms with Gasteiger partial charge in [-0.3, -0.25) is 0 Å². The number of H-pyrrole nitrogens is 1. The van der Waals surface area contributed by atoms with Gasteiger partial charge in [0.1, 0.15) is 12.5 Å². The Labute approximate surface area is 76.9 Å². The van der Waals surface area contributed by atoms with Crippen molar-refractivity contribution >= 4 is 27.0 Å². The molecule has 1 N–H and O–H groups in total. The Bertz CT molecular complexity index is 410. The highest BCUT2D eigenvalue weighted by atomic mass is 79.9. The highest BCUT2D eigenvalue weighted by Crippen LogP contribution is 2.17. The van der Waals surface area contributed by atoms with Crippen LogP contribution >= 0.6 is 15.9 Å². The summed E-state index contributed by atoms with van der Waals surface area (Å²) in [5, 5.41) is 0. The lowest BCUT2D eigenvalue weighted by atomic mass is 10.3. The van der Waals surface area contributed by atoms with E-state index in [1.807, 2.05) is 18.2 Å². The second-order valence-corrected chi connectivity index (χ2v) is 3.39. The molecule has 2 rings (SSSR count). The minimum absolute atomic E-state index is 0.378. The van der Waals surface area contributed by atoms with Gasteiger partial charge in [0.25, 0.3) is 0 Å². The second-order valence-electron chi connectivity index (χ2n) is 2.48. The maximum absolute atomic E-state index is 12.2. The normalized spacial score (nSPS) is 10.8. The summed E-state index contributed by atoms with van der Waals surface area (Å²) in [6.45, 7) is -0.549. The lowest BCUT2D eigenvalue weighted by molar-refractivity contribution is 0.469. The summed E-state index contributed by atoms with van der Waals surface area (Å²) >= 11 is 3.32. The highest BCUT2D eigenvalue weighted by Gasteiger charge is 2.01. The van der Waals surface area contributed by atoms with Gasteiger partial charge in [0, 0.05) is 4.47 Å². The Morgan fingerprint density at radius 3 is 3.08 bits per heavy atom. The summed E-state index contributed by atoms with van der Waals surface area (Å²) in [4.78, 5) is 6.89. The minimum atomic E-state index is -0.549. The zero-order chi connectivity index (χ0) is 8.55. The maximum atomic E-state index is 12.2. The van der Waals surface area contributed by atoms with Crippen molar-refractivity contribution < 1.29 is 4.39 Å². The number of rotatable bonds is 1. The zero-order valence-corrected chi connectivity index (χ0v) is 7.73. The van der Waals surface area contributed by atoms with Crippen LogP contribution in [0.2, 0.25) is 0 Å². The molecule has 0 amide bonds. The maximum Gasteiger partial charge on any atom is 0.147 e. The topological polar surface area (TPSA) is 28.7 Å². The first-order valence-corrected chi connectivity index (χ1v) is 4.29. The highest BCUT2D eigenvalue weighted by molar-refractivity contribution is 9.10. The molecule has 0 saturated carbocycles. The Morgan fingerprint density at radius 1 is 1.50 bits per heavy atom. The molecule has 0 unspecified atom stereocenters. The van der Waals surface area contributed by atoms with E-state index in [-0.39, 0.29) is 0 Å². The molecule has 2 nitrogen and oxygen atoms in total. The fourth-order valence-electron chi connectivity index (χ4n) is 1.10. The summed E-state index contributed by atoms with van der Waals surface area (Å²) in [5.41, 5.74) is 1.66. The fourth-order valence-corrected chi connectivity index (χ4v) is 1.46. The zero-order valence-electron chi connectivity index (χ0n) is 6.14. The molecule has 0 atom stereocenters. The molecular formula is C8H6BrFN2. The average molecular weight is 229 g/mol. The molecule has 2 aromatic rings. The summed E-state index contributed by atoms with van der Waals surface area (Å²) < 4.78 is 13.1. The number of aromatic amines is 1. The molecule has 0 fully saturated rings. The van der Waals surface area contributed by atoms with Crippen LogP contribution in [0.15, 0.2) is 22.7 Å². The van der Waals surface area contributed by atoms with Crippen LogP contribution in [-0.4, -0.2) is 9.97 Å². The van der Waals surface area contributed by atoms with E-state index in [2.05, 4.69) is 25.9 Å². The molecule has 1 aromatic heterocycles. The first kappa shape index (κ1) is 7.73. The first-order valence-electron chi connectivity index (χ1n) is 3.50. The fraction of sp³-hybridized carbons (Fsp3) is 0.125. The van der Waals surface area contributed by atoms with Crippen molar-refractivity contribution in [1.82, 2.24) is 9.97 Å². The Hall–Kier alpha value is -0.900. The van der Waals surface area contributed by atoms with Crippen LogP contribution < -0.4 is 0 Å². The van der Waals surface area contributed by atoms with E-state index < -0.39 is 6.67 Å². The van der Waals surface area contributed by atoms with Gasteiger partial charge in [-0.2, -0.15) is 0 Å². The van der Waals surface area contributed by atoms with E-state index in [0.717, 1.165) is 15.5 Å². The van der Waals surface area contributed by atoms with Gasteiger partial charge >= 0.3 is 0 Å². The Morgan fingerprint density at radius 2 is 2.33 bits per heavy atom. The summed E-state index contributed by atoms with van der Waals surface area (Å²) in [7, 11) is 0. The second kappa shape index (κ2) is 2.86. The quantitative estimate of drug-likeness (QED) is 0.800. The van der Waals surface area contributed by atoms with Gasteiger partial charge in [-0.05, 0) is 18.2 Å². The van der Waals surface area contributed by atoms with Gasteiger partial charge in [-0.25, -0.2) is 9.37 Å². The molecule has 0 aliphatic carbocycles. The molecule has 0 saturated heterocycles. The van der Waals surface area contributed by atoms with Crippen molar-refractivity contribution in [1.29, 1.82) is 0 Å². The molecule has 0 spiro atoms. The molecule has 0 bridgehead atoms. The van der Waals surface area contributed by atoms with Crippen molar-refractivity contribution in [2.24, 2.45) is 0 Å². The Kier molecular flexibility index (Phi) is 1.84. The van der Waals surface area contributed by atoms with E-state index in [9.17, 15) is 4.39 Å². The number of aromatic nitrogens is 2. The van der Waals surface area contributed by atoms with Crippen LogP contribution in [-0.2, 0) is 6.67 Å². The van der Waals surface area contributed by atoms with Crippen LogP contribution in [0.5, 0.6) is 0 Å². The molecule has 1 heterocycles. The van der Waals surface area contributed by atoms with Crippen LogP contribution in [0.4, 0.5) is 4.39 Å². The molecule has 0 aliphatic heterocycles. The van der Waals surface area contributed by atoms with Gasteiger partial charge in [0.15, 0.2) is 0 Å². The number of hydrogen-bond donors (Lipinski definition) is 1. The Balaban J connectivity index is 2.67. The van der Waals surface area contributed by atoms with Crippen LogP contribution in [0.25, 0.3) is 11.0 Å². The van der Waals surface area contributed by atoms with E-state index >= 15 is 0 Å². The van der Waals surface area contributed by atoms with Crippen molar-refractivity contribution in [2.45, 2.75) is 6.67 Å². The summed E-state index contributed by atoms with van der Waals surface area (Å²) in [5.74, 6) is 0.378. The molecule has 0 aliphatic rings. The van der Waals surface area contributed by atoms with Gasteiger partial charge in [-0.1, -0.05) is 15.9 Å². The third-order valence-electron chi connectivity index (χ3n) is 1.62. The standard InChI is InChI=1S/C8H6BrFN2/c9-5-1-2-6-7(3-5)12-8(4-10)11-6/h1-3H,4H2,(H,11,12). The average Bonchev–Trinajstić information content (AvgIpc) is 2.46. The smallest absolute Gasteiger partial charge is 0.147 e. The molecule has 0 radical (unpaired) electrons. The number of fused-ring (bicyclic) bond motifs is 1. The van der Waals surface area contributed by atoms with Gasteiger partial charge in [0.05, 0.1) is 11.0 Å². The number of alkyl halides is 1. The van der Waals surface area contributed by atoms with Gasteiger partial charge in [-0.15, -0.1) is 0 Å². The molecule has 4 heteroatoms. The van der Waals surface area contributed by atoms with Crippen molar-refractivity contribution in [2.75, 3.05) is 0 Å². The predicted octanol–water partition coefficient (Wildman–Crippen LogP) is 2.79. The monoisotopic (exact) mass is 228 g/mol. The largest absolute Gasteiger partial charge is 0.340 e. The number of halogens is 2. The molecule has 62 valence electrons. The number of imidazole rings is 1. The third kappa shape index (κ3) is 1.22. The molecule has 1 aromatic carbocycles. The van der Waals surface area contributed by atoms with Crippen LogP contribution in [0.1, 0.15) is 5.82 Å². The summed E-state index contributed by atoms with van der Waals surface area (Å²) in [6.07, 6.45) is 0. The van der Waals surface area contributed by atoms with Crippen LogP contribution in [0, 0.1) is 0 Å². The van der Waals surface area contributed by atoms with Crippen molar-refractivity contribution in [3.8, 4) is 0 Å². The van der Waals surface area contributed by atoms with Crippen molar-refractivity contribution in [3.05, 3.63) is 28.5 Å². The predicted molar refractivity (Wildman–Crippen MR) is 48.6 cm³/mol. The van der Waals surface area contributed by atoms with E-state index in [1.54, 1.807) is 0 Å². The summed E-state index contributed by atoms with van der Waals surface area (Å²) in [6, 6.07) is 5.60. The van der Waals surface area contributed by atoms with Gasteiger partial charge < -0.3 is 4.98 Å². The SMILES string of the molecule is FCc1nc2ccc(Br)cc2[nH]1. The lowest BCUT2D eigenvalue weighted by Gasteiger charge is -1.87. The molecule has 12 heavy (non-hydrogen) atoms. The number of hydrogen-bond acceptors (Lipinski definition) is 1. The van der Waals surface area contributed by atoms with Crippen molar-refractivity contribution in [3.63, 3.8) is 0 Å². The van der Waals surface area contributed by atoms with Gasteiger partial charge in [0.2, 0.25) is 0 Å². The van der Waals surface area contributed by atoms with E-state index in [4.69, 9.17) is 0 Å². The minimum Gasteiger partial charge on any atom is -0.340 e. The number of nitrogens with one attached hydrogen (secondary N) is 1. The third-order valence-corrected chi connectivity index (χ3v) is 2.11. The lowest BCUT2D eigenvalue weighted by Crippen LogP contribution is -1.78. The van der Waals surface area contributed by atoms with Crippen LogP contribution in [0.3, 0.4) is 0 Å². The first-order chi connectivity index (χ1) is 5.79. The molecular weight excluding hydrogens is 223 g/mol.